The molecule has 0 saturated heterocycles. The number of hydrogen-bond donors (Lipinski definition) is 1. The van der Waals surface area contributed by atoms with Crippen molar-refractivity contribution in [3.8, 4) is 0 Å². The van der Waals surface area contributed by atoms with Crippen molar-refractivity contribution in [3.63, 3.8) is 0 Å². The van der Waals surface area contributed by atoms with Crippen molar-refractivity contribution in [2.75, 3.05) is 149 Å². The van der Waals surface area contributed by atoms with Gasteiger partial charge in [-0.3, -0.25) is 46.9 Å². The van der Waals surface area contributed by atoms with E-state index < -0.39 is 136 Å². The van der Waals surface area contributed by atoms with Crippen molar-refractivity contribution in [1.82, 2.24) is 0 Å². The molecule has 0 rings (SSSR count). The van der Waals surface area contributed by atoms with E-state index in [-0.39, 0.29) is 78.2 Å². The third kappa shape index (κ3) is 32.8. The van der Waals surface area contributed by atoms with Gasteiger partial charge >= 0.3 is 43.6 Å². The van der Waals surface area contributed by atoms with Crippen LogP contribution in [0.25, 0.3) is 0 Å². The minimum atomic E-state index is -5.59. The van der Waals surface area contributed by atoms with Crippen molar-refractivity contribution < 1.29 is 141 Å². The van der Waals surface area contributed by atoms with Gasteiger partial charge in [0.25, 0.3) is 15.6 Å². The van der Waals surface area contributed by atoms with Gasteiger partial charge in [0.1, 0.15) is 11.7 Å². The number of carbonyl (C=O) groups is 6. The molecule has 410 valence electrons. The Kier molecular flexibility index (Phi) is 35.1. The van der Waals surface area contributed by atoms with E-state index in [2.05, 4.69) is 32.9 Å². The third-order valence-corrected chi connectivity index (χ3v) is 11.6. The van der Waals surface area contributed by atoms with Crippen LogP contribution in [-0.2, 0) is 126 Å². The monoisotopic (exact) mass is 1080 g/mol. The van der Waals surface area contributed by atoms with Gasteiger partial charge in [-0.25, -0.2) is 4.57 Å². The van der Waals surface area contributed by atoms with Crippen LogP contribution < -0.4 is 9.79 Å². The van der Waals surface area contributed by atoms with E-state index in [9.17, 15) is 57.1 Å². The second-order valence-corrected chi connectivity index (χ2v) is 18.4. The van der Waals surface area contributed by atoms with Crippen molar-refractivity contribution >= 4 is 59.3 Å². The molecule has 4 unspecified atom stereocenters. The van der Waals surface area contributed by atoms with E-state index in [1.165, 1.54) is 0 Å². The molecule has 0 radical (unpaired) electrons. The fourth-order valence-corrected chi connectivity index (χ4v) is 7.33. The minimum Gasteiger partial charge on any atom is -0.756 e. The number of methoxy groups -OCH3 is 6. The lowest BCUT2D eigenvalue weighted by Crippen LogP contribution is -2.47. The molecule has 0 heterocycles. The second kappa shape index (κ2) is 36.8. The Hall–Kier alpha value is -3.09. The Balaban J connectivity index is 6.59. The smallest absolute Gasteiger partial charge is 0.473 e. The summed E-state index contributed by atoms with van der Waals surface area (Å²) in [6, 6.07) is 0. The van der Waals surface area contributed by atoms with Crippen LogP contribution in [0.5, 0.6) is 0 Å². The lowest BCUT2D eigenvalue weighted by Gasteiger charge is -2.36. The molecule has 0 aliphatic carbocycles. The molecule has 1 N–H and O–H groups in total. The molecule has 0 bridgehead atoms. The lowest BCUT2D eigenvalue weighted by atomic mass is 9.92. The zero-order valence-corrected chi connectivity index (χ0v) is 42.7. The number of ether oxygens (including phenoxy) is 12. The summed E-state index contributed by atoms with van der Waals surface area (Å²) in [4.78, 5) is 107. The summed E-state index contributed by atoms with van der Waals surface area (Å²) in [6.45, 7) is -8.65. The molecule has 0 aliphatic rings. The van der Waals surface area contributed by atoms with Gasteiger partial charge in [-0.05, 0) is 0 Å². The molecular formula is C37H65O30P3-2. The van der Waals surface area contributed by atoms with E-state index in [1.54, 1.807) is 0 Å². The van der Waals surface area contributed by atoms with Gasteiger partial charge in [-0.15, -0.1) is 0 Å². The standard InChI is InChI=1S/C37H67O30P3/c1-50-30(38)8-14-57-22-36(23-58-15-9-31(39)51-2,24-59-16-10-32(40)52-3)25-65-69(46,47)63-20-29(66-68(44,45)56-7)21-64-70(48,49)67-37(26-60-17-11-33(41)53-4,27-61-18-12-34(42)54-5)28-62-19-13-35(43)55-6/h29H,8-28H2,1-7H3,(H,44,45)(H,46,47)(H,48,49)/p-2. The molecule has 70 heavy (non-hydrogen) atoms. The predicted octanol–water partition coefficient (Wildman–Crippen LogP) is -0.675. The molecular weight excluding hydrogens is 1020 g/mol. The molecule has 0 aromatic carbocycles. The fourth-order valence-electron chi connectivity index (χ4n) is 4.85. The van der Waals surface area contributed by atoms with Gasteiger partial charge in [-0.2, -0.15) is 0 Å². The maximum atomic E-state index is 13.6. The molecule has 0 aliphatic heterocycles. The summed E-state index contributed by atoms with van der Waals surface area (Å²) in [5.74, 6) is -4.01. The molecule has 0 amide bonds. The first kappa shape index (κ1) is 66.9. The number of phosphoric acid groups is 3. The zero-order valence-electron chi connectivity index (χ0n) is 40.1. The number of carbonyl (C=O) groups excluding carboxylic acids is 6. The van der Waals surface area contributed by atoms with E-state index in [4.69, 9.17) is 51.0 Å². The molecule has 4 atom stereocenters. The second-order valence-electron chi connectivity index (χ2n) is 14.2. The number of hydrogen-bond acceptors (Lipinski definition) is 29. The highest BCUT2D eigenvalue weighted by Crippen LogP contribution is 2.49. The van der Waals surface area contributed by atoms with E-state index in [0.717, 1.165) is 42.7 Å². The maximum absolute atomic E-state index is 13.6. The normalized spacial score (nSPS) is 14.8. The van der Waals surface area contributed by atoms with Crippen LogP contribution in [0.3, 0.4) is 0 Å². The van der Waals surface area contributed by atoms with Gasteiger partial charge in [0, 0.05) is 7.11 Å². The van der Waals surface area contributed by atoms with Crippen LogP contribution in [0.4, 0.5) is 0 Å². The highest BCUT2D eigenvalue weighted by atomic mass is 31.2. The largest absolute Gasteiger partial charge is 0.756 e. The van der Waals surface area contributed by atoms with Crippen molar-refractivity contribution in [3.05, 3.63) is 0 Å². The van der Waals surface area contributed by atoms with Gasteiger partial charge in [-0.1, -0.05) is 0 Å². The van der Waals surface area contributed by atoms with E-state index in [1.807, 2.05) is 0 Å². The van der Waals surface area contributed by atoms with Gasteiger partial charge in [0.15, 0.2) is 0 Å². The summed E-state index contributed by atoms with van der Waals surface area (Å²) in [7, 11) is -8.97. The van der Waals surface area contributed by atoms with Crippen LogP contribution in [0, 0.1) is 5.41 Å². The summed E-state index contributed by atoms with van der Waals surface area (Å²) in [5.41, 5.74) is -3.77. The lowest BCUT2D eigenvalue weighted by molar-refractivity contribution is -0.240. The van der Waals surface area contributed by atoms with Crippen LogP contribution in [0.2, 0.25) is 0 Å². The van der Waals surface area contributed by atoms with E-state index in [0.29, 0.717) is 7.11 Å². The average molecular weight is 1080 g/mol. The van der Waals surface area contributed by atoms with E-state index >= 15 is 0 Å². The zero-order chi connectivity index (χ0) is 53.1. The Bertz CT molecular complexity index is 1580. The Morgan fingerprint density at radius 3 is 1.04 bits per heavy atom. The van der Waals surface area contributed by atoms with Crippen LogP contribution in [-0.4, -0.2) is 201 Å². The number of phosphoric ester groups is 3. The van der Waals surface area contributed by atoms with Crippen LogP contribution in [0.15, 0.2) is 0 Å². The molecule has 0 aromatic heterocycles. The Morgan fingerprint density at radius 1 is 0.443 bits per heavy atom. The van der Waals surface area contributed by atoms with Crippen molar-refractivity contribution in [1.29, 1.82) is 0 Å². The molecule has 0 spiro atoms. The molecule has 30 nitrogen and oxygen atoms in total. The van der Waals surface area contributed by atoms with Gasteiger partial charge in [0.05, 0.1) is 186 Å². The van der Waals surface area contributed by atoms with Gasteiger partial charge < -0.3 is 89.6 Å². The predicted molar refractivity (Wildman–Crippen MR) is 226 cm³/mol. The first-order valence-corrected chi connectivity index (χ1v) is 25.1. The highest BCUT2D eigenvalue weighted by Gasteiger charge is 2.42. The average Bonchev–Trinajstić information content (AvgIpc) is 3.33. The SMILES string of the molecule is COC(=O)CCOCC(COCCC(=O)OC)(COCCC(=O)OC)COP(=O)([O-])OCC(COP(=O)(O)OC(COCCC(=O)OC)(COCCC(=O)OC)COCCC(=O)OC)OP(=O)([O-])OC. The topological polar surface area (TPSA) is 386 Å². The third-order valence-electron chi connectivity index (χ3n) is 8.57. The Morgan fingerprint density at radius 2 is 0.743 bits per heavy atom. The maximum Gasteiger partial charge on any atom is 0.473 e. The Labute approximate surface area is 404 Å². The summed E-state index contributed by atoms with van der Waals surface area (Å²) in [5, 5.41) is 0. The van der Waals surface area contributed by atoms with Crippen molar-refractivity contribution in [2.45, 2.75) is 50.2 Å². The number of esters is 6. The van der Waals surface area contributed by atoms with Crippen LogP contribution in [0.1, 0.15) is 38.5 Å². The summed E-state index contributed by atoms with van der Waals surface area (Å²) in [6.07, 6.45) is -3.70. The first-order chi connectivity index (χ1) is 33.0. The van der Waals surface area contributed by atoms with Crippen molar-refractivity contribution in [2.24, 2.45) is 5.41 Å². The fraction of sp³-hybridized carbons (Fsp3) is 0.838. The number of rotatable bonds is 44. The minimum absolute atomic E-state index is 0.231. The summed E-state index contributed by atoms with van der Waals surface area (Å²) < 4.78 is 130. The van der Waals surface area contributed by atoms with Gasteiger partial charge in [0.2, 0.25) is 0 Å². The highest BCUT2D eigenvalue weighted by molar-refractivity contribution is 7.47. The molecule has 0 fully saturated rings. The molecule has 0 aromatic rings. The van der Waals surface area contributed by atoms with Crippen LogP contribution >= 0.6 is 23.5 Å². The summed E-state index contributed by atoms with van der Waals surface area (Å²) >= 11 is 0. The first-order valence-electron chi connectivity index (χ1n) is 20.7. The molecule has 0 saturated carbocycles. The quantitative estimate of drug-likeness (QED) is 0.0342. The molecule has 33 heteroatoms.